The second-order valence-corrected chi connectivity index (χ2v) is 2.68. The lowest BCUT2D eigenvalue weighted by Gasteiger charge is -1.95. The number of nitrogens with two attached hydrogens (primary N) is 2. The minimum Gasteiger partial charge on any atom is -0.396 e. The van der Waals surface area contributed by atoms with E-state index in [-0.39, 0.29) is 12.1 Å². The molecule has 0 saturated carbocycles. The highest BCUT2D eigenvalue weighted by Gasteiger charge is 1.96. The molecule has 14 heavy (non-hydrogen) atoms. The van der Waals surface area contributed by atoms with Crippen LogP contribution in [-0.2, 0) is 4.79 Å². The summed E-state index contributed by atoms with van der Waals surface area (Å²) in [7, 11) is 0. The summed E-state index contributed by atoms with van der Waals surface area (Å²) in [6.07, 6.45) is -0.0357. The Kier molecular flexibility index (Phi) is 3.08. The first-order valence-electron chi connectivity index (χ1n) is 3.92. The molecule has 0 aliphatic carbocycles. The first-order chi connectivity index (χ1) is 6.59. The van der Waals surface area contributed by atoms with Crippen molar-refractivity contribution in [1.29, 1.82) is 0 Å². The number of primary amides is 1. The van der Waals surface area contributed by atoms with Crippen LogP contribution in [-0.4, -0.2) is 5.91 Å². The Morgan fingerprint density at radius 1 is 1.50 bits per heavy atom. The summed E-state index contributed by atoms with van der Waals surface area (Å²) in [4.78, 5) is 10.3. The Morgan fingerprint density at radius 2 is 2.21 bits per heavy atom. The smallest absolute Gasteiger partial charge is 0.229 e. The molecule has 1 rings (SSSR count). The van der Waals surface area contributed by atoms with Gasteiger partial charge in [-0.2, -0.15) is 0 Å². The zero-order valence-electron chi connectivity index (χ0n) is 7.38. The molecular formula is C10H9FN2O. The zero-order chi connectivity index (χ0) is 10.6. The Labute approximate surface area is 80.9 Å². The monoisotopic (exact) mass is 192 g/mol. The van der Waals surface area contributed by atoms with Crippen LogP contribution in [0.15, 0.2) is 18.2 Å². The van der Waals surface area contributed by atoms with Crippen LogP contribution in [0.4, 0.5) is 10.1 Å². The number of amides is 1. The molecule has 0 aromatic heterocycles. The molecule has 0 saturated heterocycles. The largest absolute Gasteiger partial charge is 0.396 e. The van der Waals surface area contributed by atoms with Gasteiger partial charge >= 0.3 is 0 Å². The summed E-state index contributed by atoms with van der Waals surface area (Å²) >= 11 is 0. The van der Waals surface area contributed by atoms with Crippen LogP contribution in [0.5, 0.6) is 0 Å². The van der Waals surface area contributed by atoms with Crippen LogP contribution in [0, 0.1) is 17.7 Å². The molecule has 1 aromatic rings. The van der Waals surface area contributed by atoms with E-state index in [0.717, 1.165) is 0 Å². The first-order valence-corrected chi connectivity index (χ1v) is 3.92. The number of benzene rings is 1. The summed E-state index contributed by atoms with van der Waals surface area (Å²) in [5.74, 6) is 4.09. The lowest BCUT2D eigenvalue weighted by molar-refractivity contribution is -0.117. The van der Waals surface area contributed by atoms with E-state index in [0.29, 0.717) is 5.56 Å². The van der Waals surface area contributed by atoms with Gasteiger partial charge in [0.15, 0.2) is 0 Å². The maximum Gasteiger partial charge on any atom is 0.229 e. The molecule has 72 valence electrons. The minimum atomic E-state index is -0.518. The topological polar surface area (TPSA) is 69.1 Å². The van der Waals surface area contributed by atoms with Gasteiger partial charge in [0.2, 0.25) is 5.91 Å². The molecule has 0 bridgehead atoms. The molecule has 0 radical (unpaired) electrons. The van der Waals surface area contributed by atoms with Crippen molar-refractivity contribution in [3.05, 3.63) is 29.6 Å². The minimum absolute atomic E-state index is 0.0357. The van der Waals surface area contributed by atoms with Crippen molar-refractivity contribution < 1.29 is 9.18 Å². The molecule has 1 amide bonds. The lowest BCUT2D eigenvalue weighted by Crippen LogP contribution is -2.08. The van der Waals surface area contributed by atoms with Gasteiger partial charge in [-0.05, 0) is 18.2 Å². The Balaban J connectivity index is 2.81. The molecule has 0 aliphatic rings. The van der Waals surface area contributed by atoms with Crippen LogP contribution < -0.4 is 11.5 Å². The van der Waals surface area contributed by atoms with Crippen molar-refractivity contribution >= 4 is 11.6 Å². The van der Waals surface area contributed by atoms with Gasteiger partial charge in [-0.15, -0.1) is 0 Å². The Morgan fingerprint density at radius 3 is 2.79 bits per heavy atom. The predicted octanol–water partition coefficient (Wildman–Crippen LogP) is 0.635. The summed E-state index contributed by atoms with van der Waals surface area (Å²) in [5.41, 5.74) is 10.7. The van der Waals surface area contributed by atoms with Gasteiger partial charge < -0.3 is 11.5 Å². The molecule has 3 nitrogen and oxygen atoms in total. The predicted molar refractivity (Wildman–Crippen MR) is 51.5 cm³/mol. The molecule has 0 unspecified atom stereocenters. The van der Waals surface area contributed by atoms with Crippen LogP contribution in [0.3, 0.4) is 0 Å². The van der Waals surface area contributed by atoms with E-state index < -0.39 is 11.7 Å². The fourth-order valence-electron chi connectivity index (χ4n) is 0.838. The van der Waals surface area contributed by atoms with Crippen LogP contribution in [0.25, 0.3) is 0 Å². The van der Waals surface area contributed by atoms with Crippen molar-refractivity contribution in [2.45, 2.75) is 6.42 Å². The van der Waals surface area contributed by atoms with E-state index in [1.807, 2.05) is 0 Å². The number of rotatable bonds is 1. The summed E-state index contributed by atoms with van der Waals surface area (Å²) < 4.78 is 12.9. The summed E-state index contributed by atoms with van der Waals surface area (Å²) in [6, 6.07) is 4.21. The van der Waals surface area contributed by atoms with E-state index in [1.54, 1.807) is 6.07 Å². The van der Waals surface area contributed by atoms with E-state index in [9.17, 15) is 9.18 Å². The fraction of sp³-hybridized carbons (Fsp3) is 0.100. The van der Waals surface area contributed by atoms with Gasteiger partial charge in [-0.3, -0.25) is 4.79 Å². The average molecular weight is 192 g/mol. The lowest BCUT2D eigenvalue weighted by atomic mass is 10.2. The molecule has 4 heteroatoms. The first kappa shape index (κ1) is 10.1. The number of carbonyl (C=O) groups is 1. The maximum atomic E-state index is 12.9. The highest BCUT2D eigenvalue weighted by Crippen LogP contribution is 2.10. The Bertz CT molecular complexity index is 418. The molecule has 4 N–H and O–H groups in total. The third-order valence-electron chi connectivity index (χ3n) is 1.50. The van der Waals surface area contributed by atoms with E-state index in [2.05, 4.69) is 11.8 Å². The average Bonchev–Trinajstić information content (AvgIpc) is 2.10. The Hall–Kier alpha value is -2.02. The second kappa shape index (κ2) is 4.28. The van der Waals surface area contributed by atoms with Crippen LogP contribution in [0.2, 0.25) is 0 Å². The van der Waals surface area contributed by atoms with Crippen LogP contribution >= 0.6 is 0 Å². The normalized spacial score (nSPS) is 8.93. The van der Waals surface area contributed by atoms with E-state index in [4.69, 9.17) is 11.5 Å². The van der Waals surface area contributed by atoms with Gasteiger partial charge in [-0.1, -0.05) is 11.8 Å². The molecule has 1 aromatic carbocycles. The molecule has 0 spiro atoms. The molecule has 0 heterocycles. The van der Waals surface area contributed by atoms with Gasteiger partial charge in [0.1, 0.15) is 5.82 Å². The number of nitrogen functional groups attached to an aromatic ring is 1. The third kappa shape index (κ3) is 2.79. The van der Waals surface area contributed by atoms with E-state index in [1.165, 1.54) is 12.1 Å². The van der Waals surface area contributed by atoms with Crippen molar-refractivity contribution in [3.63, 3.8) is 0 Å². The maximum absolute atomic E-state index is 12.9. The third-order valence-corrected chi connectivity index (χ3v) is 1.50. The SMILES string of the molecule is NC(=O)CC#Cc1ccc(N)c(F)c1. The summed E-state index contributed by atoms with van der Waals surface area (Å²) in [6.45, 7) is 0. The fourth-order valence-corrected chi connectivity index (χ4v) is 0.838. The second-order valence-electron chi connectivity index (χ2n) is 2.68. The number of carbonyl (C=O) groups excluding carboxylic acids is 1. The van der Waals surface area contributed by atoms with Gasteiger partial charge in [-0.25, -0.2) is 4.39 Å². The quantitative estimate of drug-likeness (QED) is 0.506. The molecule has 0 aliphatic heterocycles. The number of hydrogen-bond acceptors (Lipinski definition) is 2. The molecule has 0 atom stereocenters. The molecule has 0 fully saturated rings. The standard InChI is InChI=1S/C10H9FN2O/c11-8-6-7(4-5-9(8)12)2-1-3-10(13)14/h4-6H,3,12H2,(H2,13,14). The van der Waals surface area contributed by atoms with Crippen molar-refractivity contribution in [2.24, 2.45) is 5.73 Å². The highest BCUT2D eigenvalue weighted by atomic mass is 19.1. The summed E-state index contributed by atoms with van der Waals surface area (Å²) in [5, 5.41) is 0. The van der Waals surface area contributed by atoms with Gasteiger partial charge in [0.05, 0.1) is 12.1 Å². The highest BCUT2D eigenvalue weighted by molar-refractivity contribution is 5.76. The van der Waals surface area contributed by atoms with Gasteiger partial charge in [0.25, 0.3) is 0 Å². The van der Waals surface area contributed by atoms with Gasteiger partial charge in [0, 0.05) is 5.56 Å². The number of anilines is 1. The molecular weight excluding hydrogens is 183 g/mol. The number of hydrogen-bond donors (Lipinski definition) is 2. The van der Waals surface area contributed by atoms with Crippen molar-refractivity contribution in [2.75, 3.05) is 5.73 Å². The number of halogens is 1. The van der Waals surface area contributed by atoms with Crippen molar-refractivity contribution in [3.8, 4) is 11.8 Å². The van der Waals surface area contributed by atoms with E-state index >= 15 is 0 Å². The zero-order valence-corrected chi connectivity index (χ0v) is 7.38. The van der Waals surface area contributed by atoms with Crippen molar-refractivity contribution in [1.82, 2.24) is 0 Å². The van der Waals surface area contributed by atoms with Crippen LogP contribution in [0.1, 0.15) is 12.0 Å².